The van der Waals surface area contributed by atoms with E-state index in [1.165, 1.54) is 18.4 Å². The first-order chi connectivity index (χ1) is 13.7. The van der Waals surface area contributed by atoms with Gasteiger partial charge in [-0.2, -0.15) is 5.10 Å². The number of nitrogens with zero attached hydrogens (tertiary/aromatic N) is 2. The molecule has 2 aromatic heterocycles. The highest BCUT2D eigenvalue weighted by molar-refractivity contribution is 7.16. The van der Waals surface area contributed by atoms with Crippen LogP contribution in [0.5, 0.6) is 0 Å². The molecule has 0 radical (unpaired) electrons. The maximum Gasteiger partial charge on any atom is 0.341 e. The third-order valence-electron chi connectivity index (χ3n) is 4.82. The first-order valence-corrected chi connectivity index (χ1v) is 10.2. The molecule has 1 amide bonds. The number of hydrogen-bond acceptors (Lipinski definition) is 5. The van der Waals surface area contributed by atoms with E-state index in [1.54, 1.807) is 6.07 Å². The zero-order valence-corrected chi connectivity index (χ0v) is 18.5. The number of anilines is 1. The molecule has 0 spiro atoms. The number of amides is 1. The first kappa shape index (κ1) is 21.1. The second kappa shape index (κ2) is 8.39. The molecule has 0 fully saturated rings. The van der Waals surface area contributed by atoms with Gasteiger partial charge >= 0.3 is 5.97 Å². The number of hydrogen-bond donors (Lipinski definition) is 1. The molecular weight excluding hydrogens is 410 g/mol. The molecule has 6 nitrogen and oxygen atoms in total. The van der Waals surface area contributed by atoms with Crippen molar-refractivity contribution in [1.82, 2.24) is 9.78 Å². The summed E-state index contributed by atoms with van der Waals surface area (Å²) in [5, 5.41) is 8.43. The highest BCUT2D eigenvalue weighted by Crippen LogP contribution is 2.33. The largest absolute Gasteiger partial charge is 0.465 e. The highest BCUT2D eigenvalue weighted by atomic mass is 35.5. The second-order valence-electron chi connectivity index (χ2n) is 6.78. The van der Waals surface area contributed by atoms with Gasteiger partial charge in [-0.05, 0) is 51.0 Å². The molecule has 152 valence electrons. The van der Waals surface area contributed by atoms with Crippen molar-refractivity contribution in [3.63, 3.8) is 0 Å². The zero-order valence-electron chi connectivity index (χ0n) is 16.9. The number of methoxy groups -OCH3 is 1. The lowest BCUT2D eigenvalue weighted by atomic mass is 10.1. The minimum atomic E-state index is -0.461. The molecule has 0 saturated heterocycles. The van der Waals surface area contributed by atoms with Gasteiger partial charge in [-0.25, -0.2) is 4.79 Å². The summed E-state index contributed by atoms with van der Waals surface area (Å²) in [6.07, 6.45) is 0. The number of ether oxygens (including phenoxy) is 1. The van der Waals surface area contributed by atoms with Gasteiger partial charge in [-0.1, -0.05) is 23.7 Å². The van der Waals surface area contributed by atoms with Crippen molar-refractivity contribution in [2.45, 2.75) is 34.2 Å². The molecule has 1 aromatic carbocycles. The molecule has 0 saturated carbocycles. The van der Waals surface area contributed by atoms with Crippen molar-refractivity contribution in [2.75, 3.05) is 12.4 Å². The molecule has 0 aliphatic rings. The molecule has 0 aliphatic heterocycles. The van der Waals surface area contributed by atoms with Gasteiger partial charge in [0.05, 0.1) is 35.6 Å². The van der Waals surface area contributed by atoms with Gasteiger partial charge in [-0.15, -0.1) is 11.3 Å². The van der Waals surface area contributed by atoms with Gasteiger partial charge in [0.15, 0.2) is 0 Å². The first-order valence-electron chi connectivity index (χ1n) is 9.01. The fraction of sp³-hybridized carbons (Fsp3) is 0.286. The van der Waals surface area contributed by atoms with E-state index in [9.17, 15) is 9.59 Å². The number of thiophene rings is 1. The molecule has 3 rings (SSSR count). The lowest BCUT2D eigenvalue weighted by Crippen LogP contribution is -2.15. The second-order valence-corrected chi connectivity index (χ2v) is 8.38. The Morgan fingerprint density at radius 1 is 1.24 bits per heavy atom. The molecule has 1 N–H and O–H groups in total. The molecule has 0 unspecified atom stereocenters. The maximum absolute atomic E-state index is 12.8. The van der Waals surface area contributed by atoms with Crippen LogP contribution in [-0.2, 0) is 11.3 Å². The molecule has 0 aliphatic carbocycles. The van der Waals surface area contributed by atoms with Gasteiger partial charge in [0.25, 0.3) is 5.91 Å². The van der Waals surface area contributed by atoms with Gasteiger partial charge in [0, 0.05) is 10.4 Å². The Morgan fingerprint density at radius 3 is 2.59 bits per heavy atom. The van der Waals surface area contributed by atoms with E-state index >= 15 is 0 Å². The summed E-state index contributed by atoms with van der Waals surface area (Å²) in [4.78, 5) is 25.9. The van der Waals surface area contributed by atoms with E-state index in [4.69, 9.17) is 16.3 Å². The van der Waals surface area contributed by atoms with Crippen molar-refractivity contribution in [1.29, 1.82) is 0 Å². The monoisotopic (exact) mass is 431 g/mol. The van der Waals surface area contributed by atoms with Gasteiger partial charge in [-0.3, -0.25) is 9.48 Å². The predicted molar refractivity (Wildman–Crippen MR) is 115 cm³/mol. The average Bonchev–Trinajstić information content (AvgIpc) is 3.11. The van der Waals surface area contributed by atoms with E-state index in [1.807, 2.05) is 50.6 Å². The summed E-state index contributed by atoms with van der Waals surface area (Å²) in [5.41, 5.74) is 4.29. The van der Waals surface area contributed by atoms with Gasteiger partial charge in [0.2, 0.25) is 0 Å². The van der Waals surface area contributed by atoms with Crippen LogP contribution in [0, 0.1) is 27.7 Å². The van der Waals surface area contributed by atoms with Crippen LogP contribution in [0.4, 0.5) is 5.00 Å². The zero-order chi connectivity index (χ0) is 21.3. The SMILES string of the molecule is COC(=O)c1c(NC(=O)c2cccc(Cn3nc(C)c(Cl)c3C)c2)sc(C)c1C. The number of benzene rings is 1. The Bertz CT molecular complexity index is 1100. The maximum atomic E-state index is 12.8. The fourth-order valence-electron chi connectivity index (χ4n) is 3.05. The summed E-state index contributed by atoms with van der Waals surface area (Å²) in [6, 6.07) is 7.30. The van der Waals surface area contributed by atoms with Crippen molar-refractivity contribution < 1.29 is 14.3 Å². The van der Waals surface area contributed by atoms with Crippen molar-refractivity contribution >= 4 is 39.8 Å². The van der Waals surface area contributed by atoms with Crippen LogP contribution in [0.1, 0.15) is 48.1 Å². The summed E-state index contributed by atoms with van der Waals surface area (Å²) in [5.74, 6) is -0.748. The van der Waals surface area contributed by atoms with Crippen LogP contribution < -0.4 is 5.32 Å². The lowest BCUT2D eigenvalue weighted by molar-refractivity contribution is 0.0601. The Balaban J connectivity index is 1.84. The number of carbonyl (C=O) groups excluding carboxylic acids is 2. The van der Waals surface area contributed by atoms with Crippen molar-refractivity contribution in [3.05, 3.63) is 67.8 Å². The molecular formula is C21H22ClN3O3S. The fourth-order valence-corrected chi connectivity index (χ4v) is 4.23. The van der Waals surface area contributed by atoms with Crippen molar-refractivity contribution in [2.24, 2.45) is 0 Å². The smallest absolute Gasteiger partial charge is 0.341 e. The average molecular weight is 432 g/mol. The Kier molecular flexibility index (Phi) is 6.10. The minimum absolute atomic E-state index is 0.287. The van der Waals surface area contributed by atoms with Gasteiger partial charge in [0.1, 0.15) is 5.00 Å². The molecule has 8 heteroatoms. The number of aryl methyl sites for hydroxylation is 2. The van der Waals surface area contributed by atoms with Crippen LogP contribution in [0.3, 0.4) is 0 Å². The lowest BCUT2D eigenvalue weighted by Gasteiger charge is -2.09. The van der Waals surface area contributed by atoms with Crippen LogP contribution in [0.15, 0.2) is 24.3 Å². The minimum Gasteiger partial charge on any atom is -0.465 e. The number of rotatable bonds is 5. The van der Waals surface area contributed by atoms with Crippen LogP contribution in [0.2, 0.25) is 5.02 Å². The Hall–Kier alpha value is -2.64. The third kappa shape index (κ3) is 4.21. The number of esters is 1. The molecule has 3 aromatic rings. The van der Waals surface area contributed by atoms with E-state index < -0.39 is 5.97 Å². The van der Waals surface area contributed by atoms with Crippen molar-refractivity contribution in [3.8, 4) is 0 Å². The molecule has 0 atom stereocenters. The van der Waals surface area contributed by atoms with Gasteiger partial charge < -0.3 is 10.1 Å². The summed E-state index contributed by atoms with van der Waals surface area (Å²) in [7, 11) is 1.33. The standard InChI is InChI=1S/C21H22ClN3O3S/c1-11-14(4)29-20(17(11)21(27)28-5)23-19(26)16-8-6-7-15(9-16)10-25-13(3)18(22)12(2)24-25/h6-9H,10H2,1-5H3,(H,23,26). The number of carbonyl (C=O) groups is 2. The Morgan fingerprint density at radius 2 is 1.97 bits per heavy atom. The highest BCUT2D eigenvalue weighted by Gasteiger charge is 2.22. The molecule has 0 bridgehead atoms. The molecule has 29 heavy (non-hydrogen) atoms. The van der Waals surface area contributed by atoms with E-state index in [-0.39, 0.29) is 5.91 Å². The normalized spacial score (nSPS) is 10.8. The number of nitrogens with one attached hydrogen (secondary N) is 1. The number of halogens is 1. The van der Waals surface area contributed by atoms with Crippen LogP contribution in [-0.4, -0.2) is 28.8 Å². The predicted octanol–water partition coefficient (Wildman–Crippen LogP) is 4.92. The van der Waals surface area contributed by atoms with E-state index in [2.05, 4.69) is 10.4 Å². The summed E-state index contributed by atoms with van der Waals surface area (Å²) >= 11 is 7.58. The summed E-state index contributed by atoms with van der Waals surface area (Å²) in [6.45, 7) is 8.02. The quantitative estimate of drug-likeness (QED) is 0.582. The third-order valence-corrected chi connectivity index (χ3v) is 6.49. The summed E-state index contributed by atoms with van der Waals surface area (Å²) < 4.78 is 6.68. The molecule has 2 heterocycles. The topological polar surface area (TPSA) is 73.2 Å². The van der Waals surface area contributed by atoms with E-state index in [0.29, 0.717) is 27.7 Å². The van der Waals surface area contributed by atoms with Crippen LogP contribution >= 0.6 is 22.9 Å². The number of aromatic nitrogens is 2. The Labute approximate surface area is 178 Å². The van der Waals surface area contributed by atoms with Crippen LogP contribution in [0.25, 0.3) is 0 Å². The van der Waals surface area contributed by atoms with E-state index in [0.717, 1.165) is 27.4 Å².